The van der Waals surface area contributed by atoms with E-state index in [2.05, 4.69) is 4.98 Å². The third-order valence-electron chi connectivity index (χ3n) is 3.17. The van der Waals surface area contributed by atoms with Gasteiger partial charge in [0, 0.05) is 5.38 Å². The van der Waals surface area contributed by atoms with Crippen LogP contribution in [0.25, 0.3) is 10.2 Å². The minimum absolute atomic E-state index is 0.111. The van der Waals surface area contributed by atoms with Crippen molar-refractivity contribution in [3.05, 3.63) is 50.0 Å². The fourth-order valence-electron chi connectivity index (χ4n) is 2.11. The first-order valence-corrected chi connectivity index (χ1v) is 8.58. The Morgan fingerprint density at radius 2 is 2.17 bits per heavy atom. The molecule has 0 spiro atoms. The van der Waals surface area contributed by atoms with Crippen LogP contribution in [0.4, 0.5) is 0 Å². The molecular weight excluding hydrogens is 336 g/mol. The molecule has 0 aliphatic heterocycles. The SMILES string of the molecule is CCOC(=O)c1csc2ncn(CC(=O)c3cccs3)c(=O)c12. The Hall–Kier alpha value is -2.32. The summed E-state index contributed by atoms with van der Waals surface area (Å²) in [6.45, 7) is 1.81. The molecule has 3 heterocycles. The quantitative estimate of drug-likeness (QED) is 0.523. The highest BCUT2D eigenvalue weighted by atomic mass is 32.1. The van der Waals surface area contributed by atoms with E-state index in [9.17, 15) is 14.4 Å². The minimum atomic E-state index is -0.556. The molecule has 23 heavy (non-hydrogen) atoms. The van der Waals surface area contributed by atoms with Crippen molar-refractivity contribution in [1.82, 2.24) is 9.55 Å². The minimum Gasteiger partial charge on any atom is -0.462 e. The Kier molecular flexibility index (Phi) is 4.35. The maximum Gasteiger partial charge on any atom is 0.339 e. The van der Waals surface area contributed by atoms with Gasteiger partial charge < -0.3 is 4.74 Å². The molecule has 0 aromatic carbocycles. The van der Waals surface area contributed by atoms with Gasteiger partial charge in [-0.3, -0.25) is 14.2 Å². The van der Waals surface area contributed by atoms with Crippen molar-refractivity contribution in [3.8, 4) is 0 Å². The second kappa shape index (κ2) is 6.43. The van der Waals surface area contributed by atoms with Gasteiger partial charge >= 0.3 is 5.97 Å². The van der Waals surface area contributed by atoms with Gasteiger partial charge in [-0.1, -0.05) is 6.07 Å². The van der Waals surface area contributed by atoms with Crippen LogP contribution in [0.1, 0.15) is 27.0 Å². The van der Waals surface area contributed by atoms with Gasteiger partial charge in [0.25, 0.3) is 5.56 Å². The highest BCUT2D eigenvalue weighted by Crippen LogP contribution is 2.21. The number of hydrogen-bond acceptors (Lipinski definition) is 7. The molecule has 0 aliphatic rings. The number of fused-ring (bicyclic) bond motifs is 1. The van der Waals surface area contributed by atoms with Crippen LogP contribution in [0, 0.1) is 0 Å². The van der Waals surface area contributed by atoms with Crippen molar-refractivity contribution in [1.29, 1.82) is 0 Å². The zero-order chi connectivity index (χ0) is 16.4. The lowest BCUT2D eigenvalue weighted by Gasteiger charge is -2.04. The van der Waals surface area contributed by atoms with Crippen molar-refractivity contribution in [2.24, 2.45) is 0 Å². The van der Waals surface area contributed by atoms with Crippen LogP contribution < -0.4 is 5.56 Å². The number of ketones is 1. The van der Waals surface area contributed by atoms with Crippen LogP contribution in [0.15, 0.2) is 34.0 Å². The van der Waals surface area contributed by atoms with Gasteiger partial charge in [-0.25, -0.2) is 9.78 Å². The summed E-state index contributed by atoms with van der Waals surface area (Å²) in [6.07, 6.45) is 1.33. The zero-order valence-electron chi connectivity index (χ0n) is 12.1. The molecule has 0 aliphatic carbocycles. The fraction of sp³-hybridized carbons (Fsp3) is 0.200. The predicted molar refractivity (Wildman–Crippen MR) is 88.5 cm³/mol. The van der Waals surface area contributed by atoms with E-state index in [0.29, 0.717) is 9.71 Å². The molecule has 118 valence electrons. The number of esters is 1. The molecular formula is C15H12N2O4S2. The van der Waals surface area contributed by atoms with E-state index in [1.54, 1.807) is 29.8 Å². The molecule has 6 nitrogen and oxygen atoms in total. The molecule has 8 heteroatoms. The Morgan fingerprint density at radius 1 is 1.35 bits per heavy atom. The van der Waals surface area contributed by atoms with Gasteiger partial charge in [0.2, 0.25) is 0 Å². The second-order valence-electron chi connectivity index (χ2n) is 4.63. The average molecular weight is 348 g/mol. The number of nitrogens with zero attached hydrogens (tertiary/aromatic N) is 2. The number of thiophene rings is 2. The fourth-order valence-corrected chi connectivity index (χ4v) is 3.63. The molecule has 0 fully saturated rings. The third-order valence-corrected chi connectivity index (χ3v) is 4.96. The summed E-state index contributed by atoms with van der Waals surface area (Å²) in [5.41, 5.74) is -0.216. The molecule has 3 aromatic heterocycles. The highest BCUT2D eigenvalue weighted by molar-refractivity contribution is 7.17. The molecule has 0 unspecified atom stereocenters. The number of ether oxygens (including phenoxy) is 1. The molecule has 0 bridgehead atoms. The van der Waals surface area contributed by atoms with Gasteiger partial charge in [0.05, 0.1) is 35.3 Å². The first-order valence-electron chi connectivity index (χ1n) is 6.82. The summed E-state index contributed by atoms with van der Waals surface area (Å²) in [6, 6.07) is 3.48. The van der Waals surface area contributed by atoms with E-state index in [4.69, 9.17) is 4.74 Å². The van der Waals surface area contributed by atoms with Crippen molar-refractivity contribution in [2.75, 3.05) is 6.61 Å². The first-order chi connectivity index (χ1) is 11.1. The van der Waals surface area contributed by atoms with Crippen LogP contribution in [0.5, 0.6) is 0 Å². The van der Waals surface area contributed by atoms with E-state index < -0.39 is 11.5 Å². The zero-order valence-corrected chi connectivity index (χ0v) is 13.8. The lowest BCUT2D eigenvalue weighted by atomic mass is 10.2. The van der Waals surface area contributed by atoms with E-state index in [1.165, 1.54) is 33.6 Å². The Balaban J connectivity index is 2.01. The molecule has 0 saturated carbocycles. The summed E-state index contributed by atoms with van der Waals surface area (Å²) in [4.78, 5) is 41.9. The summed E-state index contributed by atoms with van der Waals surface area (Å²) in [5, 5.41) is 3.56. The van der Waals surface area contributed by atoms with Crippen LogP contribution >= 0.6 is 22.7 Å². The van der Waals surface area contributed by atoms with E-state index in [1.807, 2.05) is 0 Å². The van der Waals surface area contributed by atoms with Crippen molar-refractivity contribution in [3.63, 3.8) is 0 Å². The lowest BCUT2D eigenvalue weighted by Crippen LogP contribution is -2.25. The predicted octanol–water partition coefficient (Wildman–Crippen LogP) is 2.58. The Labute approximate surface area is 139 Å². The maximum absolute atomic E-state index is 12.6. The van der Waals surface area contributed by atoms with Gasteiger partial charge in [-0.2, -0.15) is 0 Å². The number of aromatic nitrogens is 2. The molecule has 0 radical (unpaired) electrons. The van der Waals surface area contributed by atoms with Crippen LogP contribution in [-0.4, -0.2) is 27.9 Å². The Bertz CT molecular complexity index is 925. The second-order valence-corrected chi connectivity index (χ2v) is 6.43. The topological polar surface area (TPSA) is 78.3 Å². The average Bonchev–Trinajstić information content (AvgIpc) is 3.19. The smallest absolute Gasteiger partial charge is 0.339 e. The summed E-state index contributed by atoms with van der Waals surface area (Å²) < 4.78 is 6.18. The van der Waals surface area contributed by atoms with Gasteiger partial charge in [-0.05, 0) is 18.4 Å². The summed E-state index contributed by atoms with van der Waals surface area (Å²) in [7, 11) is 0. The van der Waals surface area contributed by atoms with Crippen molar-refractivity contribution in [2.45, 2.75) is 13.5 Å². The highest BCUT2D eigenvalue weighted by Gasteiger charge is 2.19. The maximum atomic E-state index is 12.6. The van der Waals surface area contributed by atoms with Crippen LogP contribution in [0.3, 0.4) is 0 Å². The largest absolute Gasteiger partial charge is 0.462 e. The summed E-state index contributed by atoms with van der Waals surface area (Å²) in [5.74, 6) is -0.726. The van der Waals surface area contributed by atoms with E-state index in [0.717, 1.165) is 0 Å². The number of hydrogen-bond donors (Lipinski definition) is 0. The first kappa shape index (κ1) is 15.6. The molecule has 3 aromatic rings. The van der Waals surface area contributed by atoms with Crippen molar-refractivity contribution >= 4 is 44.6 Å². The molecule has 3 rings (SSSR count). The van der Waals surface area contributed by atoms with Crippen LogP contribution in [-0.2, 0) is 11.3 Å². The van der Waals surface area contributed by atoms with E-state index in [-0.39, 0.29) is 29.9 Å². The number of carbonyl (C=O) groups is 2. The van der Waals surface area contributed by atoms with Crippen LogP contribution in [0.2, 0.25) is 0 Å². The lowest BCUT2D eigenvalue weighted by molar-refractivity contribution is 0.0529. The third kappa shape index (κ3) is 2.95. The molecule has 0 N–H and O–H groups in total. The van der Waals surface area contributed by atoms with Gasteiger partial charge in [0.1, 0.15) is 4.83 Å². The summed E-state index contributed by atoms with van der Waals surface area (Å²) >= 11 is 2.52. The Morgan fingerprint density at radius 3 is 2.87 bits per heavy atom. The number of carbonyl (C=O) groups excluding carboxylic acids is 2. The van der Waals surface area contributed by atoms with Crippen molar-refractivity contribution < 1.29 is 14.3 Å². The van der Waals surface area contributed by atoms with E-state index >= 15 is 0 Å². The normalized spacial score (nSPS) is 10.8. The number of rotatable bonds is 5. The molecule has 0 amide bonds. The van der Waals surface area contributed by atoms with Gasteiger partial charge in [0.15, 0.2) is 5.78 Å². The van der Waals surface area contributed by atoms with Gasteiger partial charge in [-0.15, -0.1) is 22.7 Å². The molecule has 0 atom stereocenters. The number of Topliss-reactive ketones (excluding diaryl/α,β-unsaturated/α-hetero) is 1. The molecule has 0 saturated heterocycles. The monoisotopic (exact) mass is 348 g/mol. The standard InChI is InChI=1S/C15H12N2O4S2/c1-2-21-15(20)9-7-23-13-12(9)14(19)17(8-16-13)6-10(18)11-4-3-5-22-11/h3-5,7-8H,2,6H2,1H3.